The van der Waals surface area contributed by atoms with E-state index < -0.39 is 0 Å². The summed E-state index contributed by atoms with van der Waals surface area (Å²) in [6.45, 7) is 0. The molecule has 0 spiro atoms. The predicted octanol–water partition coefficient (Wildman–Crippen LogP) is 3.83. The molecule has 0 unspecified atom stereocenters. The van der Waals surface area contributed by atoms with Gasteiger partial charge in [0.1, 0.15) is 11.2 Å². The van der Waals surface area contributed by atoms with Gasteiger partial charge < -0.3 is 15.6 Å². The van der Waals surface area contributed by atoms with Crippen molar-refractivity contribution in [2.24, 2.45) is 4.99 Å². The van der Waals surface area contributed by atoms with Gasteiger partial charge in [0.05, 0.1) is 23.5 Å². The van der Waals surface area contributed by atoms with Crippen molar-refractivity contribution in [3.8, 4) is 22.8 Å². The number of aliphatic imine (C=N–C) groups is 1. The second-order valence-corrected chi connectivity index (χ2v) is 6.67. The van der Waals surface area contributed by atoms with Crippen molar-refractivity contribution in [3.05, 3.63) is 64.8 Å². The van der Waals surface area contributed by atoms with E-state index in [1.807, 2.05) is 30.3 Å². The maximum atomic E-state index is 10.4. The number of hydrogen-bond donors (Lipinski definition) is 2. The number of aromatic nitrogens is 3. The third kappa shape index (κ3) is 2.26. The van der Waals surface area contributed by atoms with Crippen molar-refractivity contribution in [2.75, 3.05) is 12.8 Å². The number of phenolic OH excluding ortho intramolecular Hbond substituents is 1. The number of benzene rings is 2. The van der Waals surface area contributed by atoms with Crippen LogP contribution in [0.15, 0.2) is 53.7 Å². The van der Waals surface area contributed by atoms with Crippen molar-refractivity contribution in [1.82, 2.24) is 14.6 Å². The number of anilines is 1. The summed E-state index contributed by atoms with van der Waals surface area (Å²) in [7, 11) is 1.47. The Morgan fingerprint density at radius 2 is 1.89 bits per heavy atom. The fourth-order valence-corrected chi connectivity index (χ4v) is 3.72. The zero-order valence-corrected chi connectivity index (χ0v) is 15.5. The molecular weight excluding hydrogens is 378 g/mol. The van der Waals surface area contributed by atoms with Gasteiger partial charge in [-0.05, 0) is 24.3 Å². The van der Waals surface area contributed by atoms with Gasteiger partial charge in [-0.3, -0.25) is 0 Å². The summed E-state index contributed by atoms with van der Waals surface area (Å²) in [4.78, 5) is 9.34. The molecule has 1 aliphatic rings. The van der Waals surface area contributed by atoms with Crippen LogP contribution in [0.3, 0.4) is 0 Å². The molecule has 28 heavy (non-hydrogen) atoms. The molecule has 0 amide bonds. The molecule has 8 heteroatoms. The number of ether oxygens (including phenoxy) is 1. The van der Waals surface area contributed by atoms with Crippen molar-refractivity contribution >= 4 is 34.5 Å². The lowest BCUT2D eigenvalue weighted by Gasteiger charge is -2.11. The standard InChI is InChI=1S/C20H14ClN5O2/c1-28-14-7-6-11(15(21)19(14)27)16-12-8-9-26-18(12)17(24-20(22)25-26)10-4-2-3-5-13(10)23-16/h2-9,27H,1H3,(H2,22,25). The monoisotopic (exact) mass is 391 g/mol. The Hall–Kier alpha value is -3.58. The van der Waals surface area contributed by atoms with Gasteiger partial charge in [0.2, 0.25) is 5.95 Å². The lowest BCUT2D eigenvalue weighted by Crippen LogP contribution is -2.06. The molecule has 2 aromatic heterocycles. The normalized spacial score (nSPS) is 12.4. The van der Waals surface area contributed by atoms with E-state index in [1.54, 1.807) is 22.8 Å². The number of methoxy groups -OCH3 is 1. The number of nitrogen functional groups attached to an aromatic ring is 1. The van der Waals surface area contributed by atoms with Crippen LogP contribution in [-0.2, 0) is 0 Å². The van der Waals surface area contributed by atoms with Crippen LogP contribution in [0.5, 0.6) is 11.5 Å². The fraction of sp³-hybridized carbons (Fsp3) is 0.0500. The first kappa shape index (κ1) is 16.6. The second kappa shape index (κ2) is 5.97. The summed E-state index contributed by atoms with van der Waals surface area (Å²) < 4.78 is 6.83. The van der Waals surface area contributed by atoms with E-state index in [0.29, 0.717) is 22.7 Å². The average molecular weight is 392 g/mol. The van der Waals surface area contributed by atoms with Crippen molar-refractivity contribution < 1.29 is 9.84 Å². The highest BCUT2D eigenvalue weighted by Crippen LogP contribution is 2.42. The minimum Gasteiger partial charge on any atom is -0.503 e. The highest BCUT2D eigenvalue weighted by atomic mass is 35.5. The molecule has 7 nitrogen and oxygen atoms in total. The Labute approximate surface area is 164 Å². The fourth-order valence-electron chi connectivity index (χ4n) is 3.47. The van der Waals surface area contributed by atoms with E-state index in [2.05, 4.69) is 10.1 Å². The maximum Gasteiger partial charge on any atom is 0.238 e. The number of phenols is 1. The van der Waals surface area contributed by atoms with Crippen LogP contribution in [0, 0.1) is 0 Å². The summed E-state index contributed by atoms with van der Waals surface area (Å²) in [6, 6.07) is 13.0. The number of rotatable bonds is 2. The first-order valence-electron chi connectivity index (χ1n) is 8.47. The van der Waals surface area contributed by atoms with E-state index in [1.165, 1.54) is 7.11 Å². The topological polar surface area (TPSA) is 98.0 Å². The Morgan fingerprint density at radius 3 is 2.71 bits per heavy atom. The third-order valence-corrected chi connectivity index (χ3v) is 5.11. The number of nitrogens with zero attached hydrogens (tertiary/aromatic N) is 4. The van der Waals surface area contributed by atoms with Crippen LogP contribution < -0.4 is 10.5 Å². The second-order valence-electron chi connectivity index (χ2n) is 6.30. The van der Waals surface area contributed by atoms with E-state index in [4.69, 9.17) is 27.1 Å². The number of aromatic hydroxyl groups is 1. The molecular formula is C20H14ClN5O2. The molecule has 3 heterocycles. The predicted molar refractivity (Wildman–Crippen MR) is 108 cm³/mol. The summed E-state index contributed by atoms with van der Waals surface area (Å²) in [5.41, 5.74) is 10.9. The van der Waals surface area contributed by atoms with Crippen LogP contribution in [0.1, 0.15) is 11.1 Å². The highest BCUT2D eigenvalue weighted by molar-refractivity contribution is 6.38. The number of halogens is 1. The van der Waals surface area contributed by atoms with Gasteiger partial charge in [0.15, 0.2) is 11.5 Å². The first-order chi connectivity index (χ1) is 13.6. The average Bonchev–Trinajstić information content (AvgIpc) is 3.05. The molecule has 4 aromatic rings. The number of fused-ring (bicyclic) bond motifs is 2. The zero-order chi connectivity index (χ0) is 19.4. The van der Waals surface area contributed by atoms with Crippen molar-refractivity contribution in [2.45, 2.75) is 0 Å². The van der Waals surface area contributed by atoms with Crippen LogP contribution in [-0.4, -0.2) is 32.5 Å². The lowest BCUT2D eigenvalue weighted by atomic mass is 10.0. The number of para-hydroxylation sites is 1. The molecule has 5 rings (SSSR count). The Bertz CT molecular complexity index is 1300. The molecule has 0 atom stereocenters. The van der Waals surface area contributed by atoms with Gasteiger partial charge in [-0.15, -0.1) is 5.10 Å². The van der Waals surface area contributed by atoms with Crippen molar-refractivity contribution in [1.29, 1.82) is 0 Å². The van der Waals surface area contributed by atoms with Gasteiger partial charge in [0, 0.05) is 22.9 Å². The maximum absolute atomic E-state index is 10.4. The lowest BCUT2D eigenvalue weighted by molar-refractivity contribution is 0.373. The first-order valence-corrected chi connectivity index (χ1v) is 8.85. The van der Waals surface area contributed by atoms with E-state index in [9.17, 15) is 5.11 Å². The van der Waals surface area contributed by atoms with Crippen LogP contribution in [0.2, 0.25) is 5.02 Å². The largest absolute Gasteiger partial charge is 0.503 e. The number of nitrogens with two attached hydrogens (primary N) is 1. The molecule has 0 aliphatic carbocycles. The summed E-state index contributed by atoms with van der Waals surface area (Å²) in [5.74, 6) is 0.330. The molecule has 1 aliphatic heterocycles. The SMILES string of the molecule is COc1ccc(C2=Nc3ccccc3-c3nc(N)nn4ccc2c34)c(Cl)c1O. The van der Waals surface area contributed by atoms with Crippen molar-refractivity contribution in [3.63, 3.8) is 0 Å². The number of hydrogen-bond acceptors (Lipinski definition) is 6. The Morgan fingerprint density at radius 1 is 1.07 bits per heavy atom. The van der Waals surface area contributed by atoms with Gasteiger partial charge in [-0.25, -0.2) is 14.5 Å². The van der Waals surface area contributed by atoms with Gasteiger partial charge in [0.25, 0.3) is 0 Å². The molecule has 0 saturated carbocycles. The van der Waals surface area contributed by atoms with E-state index in [-0.39, 0.29) is 16.7 Å². The summed E-state index contributed by atoms with van der Waals surface area (Å²) in [6.07, 6.45) is 1.80. The van der Waals surface area contributed by atoms with E-state index >= 15 is 0 Å². The smallest absolute Gasteiger partial charge is 0.238 e. The van der Waals surface area contributed by atoms with E-state index in [0.717, 1.165) is 22.3 Å². The summed E-state index contributed by atoms with van der Waals surface area (Å²) >= 11 is 6.48. The quantitative estimate of drug-likeness (QED) is 0.476. The molecule has 0 saturated heterocycles. The minimum absolute atomic E-state index is 0.133. The van der Waals surface area contributed by atoms with Crippen LogP contribution in [0.25, 0.3) is 16.8 Å². The molecule has 0 radical (unpaired) electrons. The van der Waals surface area contributed by atoms with Crippen LogP contribution >= 0.6 is 11.6 Å². The molecule has 0 fully saturated rings. The van der Waals surface area contributed by atoms with Crippen LogP contribution in [0.4, 0.5) is 11.6 Å². The molecule has 0 bridgehead atoms. The Kier molecular flexibility index (Phi) is 3.53. The van der Waals surface area contributed by atoms with Gasteiger partial charge in [-0.2, -0.15) is 0 Å². The summed E-state index contributed by atoms with van der Waals surface area (Å²) in [5, 5.41) is 14.8. The zero-order valence-electron chi connectivity index (χ0n) is 14.7. The third-order valence-electron chi connectivity index (χ3n) is 4.73. The molecule has 2 aromatic carbocycles. The molecule has 3 N–H and O–H groups in total. The Balaban J connectivity index is 1.89. The highest BCUT2D eigenvalue weighted by Gasteiger charge is 2.26. The van der Waals surface area contributed by atoms with Gasteiger partial charge >= 0.3 is 0 Å². The molecule has 138 valence electrons. The van der Waals surface area contributed by atoms with Gasteiger partial charge in [-0.1, -0.05) is 29.8 Å². The minimum atomic E-state index is -0.133.